The quantitative estimate of drug-likeness (QED) is 0.569. The van der Waals surface area contributed by atoms with Crippen LogP contribution in [0.4, 0.5) is 0 Å². The summed E-state index contributed by atoms with van der Waals surface area (Å²) < 4.78 is 19.1. The molecule has 1 atom stereocenters. The number of carbonyl (C=O) groups is 1. The van der Waals surface area contributed by atoms with Crippen molar-refractivity contribution in [3.63, 3.8) is 0 Å². The predicted octanol–water partition coefficient (Wildman–Crippen LogP) is 4.66. The van der Waals surface area contributed by atoms with Crippen LogP contribution in [-0.2, 0) is 9.36 Å². The zero-order chi connectivity index (χ0) is 16.4. The van der Waals surface area contributed by atoms with Crippen LogP contribution in [0.3, 0.4) is 0 Å². The summed E-state index contributed by atoms with van der Waals surface area (Å²) in [6.45, 7) is 0. The Kier molecular flexibility index (Phi) is 4.82. The van der Waals surface area contributed by atoms with E-state index in [1.165, 1.54) is 0 Å². The van der Waals surface area contributed by atoms with Gasteiger partial charge in [-0.3, -0.25) is 9.36 Å². The van der Waals surface area contributed by atoms with E-state index in [4.69, 9.17) is 27.7 Å². The van der Waals surface area contributed by atoms with Crippen molar-refractivity contribution < 1.29 is 13.9 Å². The second-order valence-corrected chi connectivity index (χ2v) is 8.31. The van der Waals surface area contributed by atoms with E-state index in [2.05, 4.69) is 0 Å². The molecule has 0 amide bonds. The number of para-hydroxylation sites is 1. The van der Waals surface area contributed by atoms with Gasteiger partial charge in [0, 0.05) is 23.7 Å². The molecule has 0 aliphatic carbocycles. The van der Waals surface area contributed by atoms with Gasteiger partial charge in [0.05, 0.1) is 5.30 Å². The van der Waals surface area contributed by atoms with Gasteiger partial charge in [-0.2, -0.15) is 0 Å². The van der Waals surface area contributed by atoms with Crippen LogP contribution in [0, 0.1) is 5.92 Å². The maximum atomic E-state index is 13.4. The van der Waals surface area contributed by atoms with Gasteiger partial charge in [-0.25, -0.2) is 0 Å². The van der Waals surface area contributed by atoms with E-state index in [-0.39, 0.29) is 24.1 Å². The third-order valence-electron chi connectivity index (χ3n) is 3.85. The Morgan fingerprint density at radius 3 is 2.30 bits per heavy atom. The van der Waals surface area contributed by atoms with Crippen molar-refractivity contribution in [3.05, 3.63) is 48.5 Å². The molecule has 3 rings (SSSR count). The highest BCUT2D eigenvalue weighted by molar-refractivity contribution is 7.83. The maximum absolute atomic E-state index is 13.4. The van der Waals surface area contributed by atoms with Gasteiger partial charge in [0.25, 0.3) is 0 Å². The standard InChI is InChI=1S/C17H15Cl2O3P/c18-10-12(11-19)9-17(20)23(21)16-8-4-2-6-14(16)13-5-1-3-7-15(13)22-23/h1-8,12H,9-11H2. The number of hydrogen-bond acceptors (Lipinski definition) is 3. The third-order valence-corrected chi connectivity index (χ3v) is 7.04. The SMILES string of the molecule is O=C(CC(CCl)CCl)P1(=O)Oc2ccccc2-c2ccccc21. The fraction of sp³-hybridized carbons (Fsp3) is 0.235. The van der Waals surface area contributed by atoms with E-state index < -0.39 is 12.9 Å². The first-order chi connectivity index (χ1) is 11.1. The van der Waals surface area contributed by atoms with E-state index >= 15 is 0 Å². The molecule has 1 unspecified atom stereocenters. The van der Waals surface area contributed by atoms with Gasteiger partial charge in [0.15, 0.2) is 0 Å². The highest BCUT2D eigenvalue weighted by atomic mass is 35.5. The van der Waals surface area contributed by atoms with Crippen molar-refractivity contribution in [1.29, 1.82) is 0 Å². The van der Waals surface area contributed by atoms with Crippen LogP contribution in [0.15, 0.2) is 48.5 Å². The average molecular weight is 369 g/mol. The van der Waals surface area contributed by atoms with E-state index in [0.717, 1.165) is 11.1 Å². The molecule has 0 bridgehead atoms. The minimum Gasteiger partial charge on any atom is -0.434 e. The second kappa shape index (κ2) is 6.68. The summed E-state index contributed by atoms with van der Waals surface area (Å²) in [5.74, 6) is 0.738. The van der Waals surface area contributed by atoms with Gasteiger partial charge in [0.1, 0.15) is 5.75 Å². The molecule has 1 aliphatic rings. The lowest BCUT2D eigenvalue weighted by molar-refractivity contribution is -0.113. The molecule has 0 fully saturated rings. The van der Waals surface area contributed by atoms with Crippen LogP contribution in [0.25, 0.3) is 11.1 Å². The molecule has 0 spiro atoms. The summed E-state index contributed by atoms with van der Waals surface area (Å²) >= 11 is 11.6. The number of alkyl halides is 2. The van der Waals surface area contributed by atoms with Gasteiger partial charge < -0.3 is 4.52 Å². The van der Waals surface area contributed by atoms with Crippen molar-refractivity contribution in [2.45, 2.75) is 6.42 Å². The van der Waals surface area contributed by atoms with Crippen molar-refractivity contribution in [2.24, 2.45) is 5.92 Å². The molecule has 0 radical (unpaired) electrons. The third kappa shape index (κ3) is 2.94. The molecule has 0 aromatic heterocycles. The van der Waals surface area contributed by atoms with Crippen LogP contribution < -0.4 is 9.83 Å². The smallest absolute Gasteiger partial charge is 0.342 e. The number of hydrogen-bond donors (Lipinski definition) is 0. The molecule has 6 heteroatoms. The Labute approximate surface area is 145 Å². The number of fused-ring (bicyclic) bond motifs is 3. The zero-order valence-corrected chi connectivity index (χ0v) is 14.7. The number of benzene rings is 2. The fourth-order valence-electron chi connectivity index (χ4n) is 2.62. The molecule has 0 saturated carbocycles. The largest absolute Gasteiger partial charge is 0.434 e. The van der Waals surface area contributed by atoms with Crippen LogP contribution >= 0.6 is 30.6 Å². The van der Waals surface area contributed by atoms with Gasteiger partial charge in [0.2, 0.25) is 5.52 Å². The number of rotatable bonds is 5. The van der Waals surface area contributed by atoms with Gasteiger partial charge >= 0.3 is 7.37 Å². The van der Waals surface area contributed by atoms with Gasteiger partial charge in [-0.15, -0.1) is 23.2 Å². The van der Waals surface area contributed by atoms with E-state index in [0.29, 0.717) is 11.1 Å². The average Bonchev–Trinajstić information content (AvgIpc) is 2.59. The molecule has 23 heavy (non-hydrogen) atoms. The zero-order valence-electron chi connectivity index (χ0n) is 12.2. The van der Waals surface area contributed by atoms with Crippen LogP contribution in [0.5, 0.6) is 5.75 Å². The molecular weight excluding hydrogens is 354 g/mol. The minimum absolute atomic E-state index is 0.0424. The van der Waals surface area contributed by atoms with Gasteiger partial charge in [-0.1, -0.05) is 36.4 Å². The lowest BCUT2D eigenvalue weighted by Gasteiger charge is -2.28. The molecule has 1 aliphatic heterocycles. The Morgan fingerprint density at radius 1 is 1.00 bits per heavy atom. The Hall–Kier alpha value is -1.28. The summed E-state index contributed by atoms with van der Waals surface area (Å²) in [6, 6.07) is 14.5. The first-order valence-electron chi connectivity index (χ1n) is 7.24. The first kappa shape index (κ1) is 16.6. The highest BCUT2D eigenvalue weighted by Gasteiger charge is 2.42. The van der Waals surface area contributed by atoms with Gasteiger partial charge in [-0.05, 0) is 23.6 Å². The van der Waals surface area contributed by atoms with Crippen molar-refractivity contribution in [2.75, 3.05) is 11.8 Å². The lowest BCUT2D eigenvalue weighted by atomic mass is 10.0. The predicted molar refractivity (Wildman–Crippen MR) is 94.3 cm³/mol. The van der Waals surface area contributed by atoms with Crippen molar-refractivity contribution in [1.82, 2.24) is 0 Å². The summed E-state index contributed by atoms with van der Waals surface area (Å²) in [4.78, 5) is 12.7. The highest BCUT2D eigenvalue weighted by Crippen LogP contribution is 2.55. The number of carbonyl (C=O) groups excluding carboxylic acids is 1. The topological polar surface area (TPSA) is 43.4 Å². The summed E-state index contributed by atoms with van der Waals surface area (Å²) in [6.07, 6.45) is 0.0424. The minimum atomic E-state index is -3.66. The molecule has 120 valence electrons. The molecular formula is C17H15Cl2O3P. The summed E-state index contributed by atoms with van der Waals surface area (Å²) in [7, 11) is -3.66. The molecule has 3 nitrogen and oxygen atoms in total. The molecule has 1 heterocycles. The van der Waals surface area contributed by atoms with E-state index in [1.807, 2.05) is 24.3 Å². The van der Waals surface area contributed by atoms with E-state index in [9.17, 15) is 9.36 Å². The maximum Gasteiger partial charge on any atom is 0.342 e. The molecule has 0 saturated heterocycles. The summed E-state index contributed by atoms with van der Waals surface area (Å²) in [5, 5.41) is 0.451. The molecule has 2 aromatic rings. The monoisotopic (exact) mass is 368 g/mol. The van der Waals surface area contributed by atoms with Crippen LogP contribution in [-0.4, -0.2) is 17.3 Å². The number of halogens is 2. The molecule has 2 aromatic carbocycles. The lowest BCUT2D eigenvalue weighted by Crippen LogP contribution is -2.25. The fourth-order valence-corrected chi connectivity index (χ4v) is 5.36. The first-order valence-corrected chi connectivity index (χ1v) is 9.93. The van der Waals surface area contributed by atoms with Crippen molar-refractivity contribution in [3.8, 4) is 16.9 Å². The second-order valence-electron chi connectivity index (χ2n) is 5.43. The molecule has 0 N–H and O–H groups in total. The Morgan fingerprint density at radius 2 is 1.61 bits per heavy atom. The van der Waals surface area contributed by atoms with Crippen LogP contribution in [0.2, 0.25) is 0 Å². The Bertz CT molecular complexity index is 787. The Balaban J connectivity index is 2.08. The van der Waals surface area contributed by atoms with E-state index in [1.54, 1.807) is 24.3 Å². The van der Waals surface area contributed by atoms with Crippen LogP contribution in [0.1, 0.15) is 6.42 Å². The normalized spacial score (nSPS) is 18.9. The van der Waals surface area contributed by atoms with Crippen molar-refractivity contribution >= 4 is 41.4 Å². The summed E-state index contributed by atoms with van der Waals surface area (Å²) in [5.41, 5.74) is 1.18.